The largest absolute Gasteiger partial charge is 0.481 e. The molecule has 0 aliphatic carbocycles. The van der Waals surface area contributed by atoms with E-state index >= 15 is 0 Å². The average molecular weight is 222 g/mol. The molecular formula is C11H18N4O. The first-order valence-corrected chi connectivity index (χ1v) is 5.71. The molecule has 1 saturated heterocycles. The Hall–Kier alpha value is -1.36. The molecule has 2 rings (SSSR count). The molecule has 1 aromatic rings. The lowest BCUT2D eigenvalue weighted by Gasteiger charge is -2.14. The molecule has 0 aromatic carbocycles. The van der Waals surface area contributed by atoms with Gasteiger partial charge in [0.15, 0.2) is 0 Å². The molecule has 0 unspecified atom stereocenters. The Bertz CT molecular complexity index is 326. The van der Waals surface area contributed by atoms with Crippen LogP contribution in [0.3, 0.4) is 0 Å². The summed E-state index contributed by atoms with van der Waals surface area (Å²) >= 11 is 0. The van der Waals surface area contributed by atoms with Gasteiger partial charge in [0.2, 0.25) is 5.88 Å². The molecule has 88 valence electrons. The standard InChI is InChI=1S/C11H18N4O/c1-16-11-8-10(13-9-14-11)12-4-7-15-5-2-3-6-15/h8-9H,2-7H2,1H3,(H,12,13,14). The summed E-state index contributed by atoms with van der Waals surface area (Å²) in [6, 6.07) is 1.81. The van der Waals surface area contributed by atoms with Gasteiger partial charge in [-0.25, -0.2) is 9.97 Å². The lowest BCUT2D eigenvalue weighted by molar-refractivity contribution is 0.352. The molecule has 5 heteroatoms. The maximum Gasteiger partial charge on any atom is 0.218 e. The van der Waals surface area contributed by atoms with E-state index in [9.17, 15) is 0 Å². The van der Waals surface area contributed by atoms with Crippen molar-refractivity contribution in [3.05, 3.63) is 12.4 Å². The topological polar surface area (TPSA) is 50.3 Å². The van der Waals surface area contributed by atoms with Crippen LogP contribution in [0.15, 0.2) is 12.4 Å². The van der Waals surface area contributed by atoms with E-state index in [1.807, 2.05) is 6.07 Å². The predicted molar refractivity (Wildman–Crippen MR) is 62.7 cm³/mol. The highest BCUT2D eigenvalue weighted by molar-refractivity contribution is 5.36. The van der Waals surface area contributed by atoms with Gasteiger partial charge in [-0.1, -0.05) is 0 Å². The highest BCUT2D eigenvalue weighted by Gasteiger charge is 2.10. The SMILES string of the molecule is COc1cc(NCCN2CCCC2)ncn1. The molecule has 1 N–H and O–H groups in total. The molecule has 1 fully saturated rings. The Morgan fingerprint density at radius 3 is 2.94 bits per heavy atom. The number of aromatic nitrogens is 2. The summed E-state index contributed by atoms with van der Waals surface area (Å²) in [5.74, 6) is 1.42. The first kappa shape index (κ1) is 11.1. The number of nitrogens with one attached hydrogen (secondary N) is 1. The number of likely N-dealkylation sites (tertiary alicyclic amines) is 1. The molecule has 5 nitrogen and oxygen atoms in total. The number of nitrogens with zero attached hydrogens (tertiary/aromatic N) is 3. The first-order valence-electron chi connectivity index (χ1n) is 5.71. The molecule has 1 aliphatic heterocycles. The summed E-state index contributed by atoms with van der Waals surface area (Å²) in [7, 11) is 1.61. The number of rotatable bonds is 5. The molecule has 0 spiro atoms. The van der Waals surface area contributed by atoms with E-state index in [-0.39, 0.29) is 0 Å². The van der Waals surface area contributed by atoms with Crippen LogP contribution < -0.4 is 10.1 Å². The van der Waals surface area contributed by atoms with Gasteiger partial charge in [0.05, 0.1) is 7.11 Å². The third-order valence-corrected chi connectivity index (χ3v) is 2.78. The number of hydrogen-bond acceptors (Lipinski definition) is 5. The molecule has 0 radical (unpaired) electrons. The Balaban J connectivity index is 1.75. The van der Waals surface area contributed by atoms with Gasteiger partial charge in [-0.3, -0.25) is 0 Å². The second-order valence-corrected chi connectivity index (χ2v) is 3.92. The highest BCUT2D eigenvalue weighted by atomic mass is 16.5. The fraction of sp³-hybridized carbons (Fsp3) is 0.636. The zero-order chi connectivity index (χ0) is 11.2. The van der Waals surface area contributed by atoms with Gasteiger partial charge in [-0.05, 0) is 25.9 Å². The van der Waals surface area contributed by atoms with Gasteiger partial charge in [0.1, 0.15) is 12.1 Å². The van der Waals surface area contributed by atoms with Crippen molar-refractivity contribution in [3.8, 4) is 5.88 Å². The summed E-state index contributed by atoms with van der Waals surface area (Å²) in [5, 5.41) is 3.27. The maximum absolute atomic E-state index is 5.03. The molecule has 0 saturated carbocycles. The summed E-state index contributed by atoms with van der Waals surface area (Å²) in [5.41, 5.74) is 0. The van der Waals surface area contributed by atoms with E-state index in [0.717, 1.165) is 18.9 Å². The molecule has 0 atom stereocenters. The summed E-state index contributed by atoms with van der Waals surface area (Å²) < 4.78 is 5.03. The summed E-state index contributed by atoms with van der Waals surface area (Å²) in [4.78, 5) is 10.6. The Morgan fingerprint density at radius 2 is 2.19 bits per heavy atom. The predicted octanol–water partition coefficient (Wildman–Crippen LogP) is 0.993. The molecule has 1 aliphatic rings. The minimum absolute atomic E-state index is 0.596. The van der Waals surface area contributed by atoms with Crippen molar-refractivity contribution >= 4 is 5.82 Å². The van der Waals surface area contributed by atoms with E-state index in [1.54, 1.807) is 7.11 Å². The molecule has 1 aromatic heterocycles. The van der Waals surface area contributed by atoms with Crippen LogP contribution in [0.5, 0.6) is 5.88 Å². The van der Waals surface area contributed by atoms with Crippen molar-refractivity contribution in [2.45, 2.75) is 12.8 Å². The monoisotopic (exact) mass is 222 g/mol. The van der Waals surface area contributed by atoms with Crippen molar-refractivity contribution in [1.82, 2.24) is 14.9 Å². The fourth-order valence-electron chi connectivity index (χ4n) is 1.90. The summed E-state index contributed by atoms with van der Waals surface area (Å²) in [6.07, 6.45) is 4.18. The number of methoxy groups -OCH3 is 1. The third kappa shape index (κ3) is 3.06. The molecule has 2 heterocycles. The quantitative estimate of drug-likeness (QED) is 0.805. The Kier molecular flexibility index (Phi) is 3.93. The minimum atomic E-state index is 0.596. The molecule has 16 heavy (non-hydrogen) atoms. The van der Waals surface area contributed by atoms with Gasteiger partial charge in [-0.15, -0.1) is 0 Å². The van der Waals surface area contributed by atoms with E-state index in [0.29, 0.717) is 5.88 Å². The van der Waals surface area contributed by atoms with Crippen molar-refractivity contribution in [3.63, 3.8) is 0 Å². The van der Waals surface area contributed by atoms with Crippen LogP contribution in [0.2, 0.25) is 0 Å². The van der Waals surface area contributed by atoms with E-state index in [2.05, 4.69) is 20.2 Å². The normalized spacial score (nSPS) is 16.3. The van der Waals surface area contributed by atoms with Crippen molar-refractivity contribution in [2.24, 2.45) is 0 Å². The van der Waals surface area contributed by atoms with Crippen LogP contribution in [-0.4, -0.2) is 48.2 Å². The van der Waals surface area contributed by atoms with Gasteiger partial charge in [0.25, 0.3) is 0 Å². The van der Waals surface area contributed by atoms with Gasteiger partial charge in [-0.2, -0.15) is 0 Å². The van der Waals surface area contributed by atoms with Crippen LogP contribution >= 0.6 is 0 Å². The Labute approximate surface area is 95.8 Å². The van der Waals surface area contributed by atoms with Crippen molar-refractivity contribution < 1.29 is 4.74 Å². The van der Waals surface area contributed by atoms with Crippen molar-refractivity contribution in [2.75, 3.05) is 38.6 Å². The lowest BCUT2D eigenvalue weighted by Crippen LogP contribution is -2.26. The molecular weight excluding hydrogens is 204 g/mol. The highest BCUT2D eigenvalue weighted by Crippen LogP contribution is 2.10. The average Bonchev–Trinajstić information content (AvgIpc) is 2.82. The maximum atomic E-state index is 5.03. The lowest BCUT2D eigenvalue weighted by atomic mass is 10.4. The fourth-order valence-corrected chi connectivity index (χ4v) is 1.90. The number of anilines is 1. The van der Waals surface area contributed by atoms with E-state index in [4.69, 9.17) is 4.74 Å². The second kappa shape index (κ2) is 5.65. The number of ether oxygens (including phenoxy) is 1. The van der Waals surface area contributed by atoms with E-state index in [1.165, 1.54) is 32.3 Å². The zero-order valence-electron chi connectivity index (χ0n) is 9.65. The van der Waals surface area contributed by atoms with Crippen LogP contribution in [0.1, 0.15) is 12.8 Å². The number of hydrogen-bond donors (Lipinski definition) is 1. The second-order valence-electron chi connectivity index (χ2n) is 3.92. The van der Waals surface area contributed by atoms with Gasteiger partial charge in [0, 0.05) is 19.2 Å². The van der Waals surface area contributed by atoms with Crippen LogP contribution in [0, 0.1) is 0 Å². The van der Waals surface area contributed by atoms with Gasteiger partial charge >= 0.3 is 0 Å². The first-order chi connectivity index (χ1) is 7.88. The Morgan fingerprint density at radius 1 is 1.38 bits per heavy atom. The van der Waals surface area contributed by atoms with Crippen LogP contribution in [-0.2, 0) is 0 Å². The third-order valence-electron chi connectivity index (χ3n) is 2.78. The summed E-state index contributed by atoms with van der Waals surface area (Å²) in [6.45, 7) is 4.45. The van der Waals surface area contributed by atoms with Crippen LogP contribution in [0.4, 0.5) is 5.82 Å². The minimum Gasteiger partial charge on any atom is -0.481 e. The van der Waals surface area contributed by atoms with Gasteiger partial charge < -0.3 is 15.0 Å². The zero-order valence-corrected chi connectivity index (χ0v) is 9.65. The van der Waals surface area contributed by atoms with E-state index < -0.39 is 0 Å². The molecule has 0 amide bonds. The smallest absolute Gasteiger partial charge is 0.218 e. The van der Waals surface area contributed by atoms with Crippen molar-refractivity contribution in [1.29, 1.82) is 0 Å². The van der Waals surface area contributed by atoms with Crippen LogP contribution in [0.25, 0.3) is 0 Å². The molecule has 0 bridgehead atoms.